The number of ether oxygens (including phenoxy) is 1. The lowest BCUT2D eigenvalue weighted by Gasteiger charge is -2.11. The Morgan fingerprint density at radius 2 is 2.10 bits per heavy atom. The fourth-order valence-corrected chi connectivity index (χ4v) is 1.90. The van der Waals surface area contributed by atoms with Crippen LogP contribution in [-0.2, 0) is 9.53 Å². The third kappa shape index (κ3) is 4.66. The van der Waals surface area contributed by atoms with Gasteiger partial charge in [0.2, 0.25) is 5.91 Å². The Morgan fingerprint density at radius 1 is 1.40 bits per heavy atom. The Bertz CT molecular complexity index is 484. The average Bonchev–Trinajstić information content (AvgIpc) is 2.40. The van der Waals surface area contributed by atoms with Crippen LogP contribution in [0, 0.1) is 6.92 Å². The highest BCUT2D eigenvalue weighted by Crippen LogP contribution is 2.20. The number of amides is 1. The van der Waals surface area contributed by atoms with Crippen molar-refractivity contribution in [1.29, 1.82) is 0 Å². The molecule has 3 N–H and O–H groups in total. The molecule has 0 fully saturated rings. The SMILES string of the molecule is COC(=O)c1cccc(NC(=O)CCCC(C)N)c1C. The van der Waals surface area contributed by atoms with Gasteiger partial charge >= 0.3 is 5.97 Å². The first-order valence-electron chi connectivity index (χ1n) is 6.69. The van der Waals surface area contributed by atoms with Crippen molar-refractivity contribution >= 4 is 17.6 Å². The van der Waals surface area contributed by atoms with E-state index in [1.165, 1.54) is 7.11 Å². The van der Waals surface area contributed by atoms with Crippen LogP contribution in [0.1, 0.15) is 42.1 Å². The fourth-order valence-electron chi connectivity index (χ4n) is 1.90. The normalized spacial score (nSPS) is 11.8. The number of hydrogen-bond acceptors (Lipinski definition) is 4. The summed E-state index contributed by atoms with van der Waals surface area (Å²) in [4.78, 5) is 23.4. The molecule has 110 valence electrons. The van der Waals surface area contributed by atoms with Gasteiger partial charge in [0.15, 0.2) is 0 Å². The van der Waals surface area contributed by atoms with E-state index in [2.05, 4.69) is 5.32 Å². The van der Waals surface area contributed by atoms with Gasteiger partial charge in [-0.3, -0.25) is 4.79 Å². The number of carbonyl (C=O) groups excluding carboxylic acids is 2. The fraction of sp³-hybridized carbons (Fsp3) is 0.467. The van der Waals surface area contributed by atoms with E-state index in [-0.39, 0.29) is 11.9 Å². The molecule has 0 spiro atoms. The van der Waals surface area contributed by atoms with Crippen molar-refractivity contribution in [1.82, 2.24) is 0 Å². The third-order valence-corrected chi connectivity index (χ3v) is 3.08. The second kappa shape index (κ2) is 7.65. The largest absolute Gasteiger partial charge is 0.465 e. The van der Waals surface area contributed by atoms with Crippen molar-refractivity contribution in [2.45, 2.75) is 39.2 Å². The van der Waals surface area contributed by atoms with Gasteiger partial charge in [-0.05, 0) is 44.4 Å². The highest BCUT2D eigenvalue weighted by atomic mass is 16.5. The van der Waals surface area contributed by atoms with Crippen LogP contribution in [0.5, 0.6) is 0 Å². The summed E-state index contributed by atoms with van der Waals surface area (Å²) in [7, 11) is 1.33. The van der Waals surface area contributed by atoms with E-state index in [1.807, 2.05) is 6.92 Å². The van der Waals surface area contributed by atoms with Gasteiger partial charge in [-0.15, -0.1) is 0 Å². The molecule has 1 aromatic carbocycles. The maximum absolute atomic E-state index is 11.8. The van der Waals surface area contributed by atoms with Crippen LogP contribution in [0.15, 0.2) is 18.2 Å². The molecular weight excluding hydrogens is 256 g/mol. The number of esters is 1. The van der Waals surface area contributed by atoms with E-state index in [0.717, 1.165) is 12.8 Å². The van der Waals surface area contributed by atoms with Gasteiger partial charge in [-0.2, -0.15) is 0 Å². The van der Waals surface area contributed by atoms with E-state index in [1.54, 1.807) is 25.1 Å². The van der Waals surface area contributed by atoms with Gasteiger partial charge in [0.05, 0.1) is 12.7 Å². The van der Waals surface area contributed by atoms with Crippen LogP contribution < -0.4 is 11.1 Å². The Hall–Kier alpha value is -1.88. The predicted molar refractivity (Wildman–Crippen MR) is 78.6 cm³/mol. The first-order valence-corrected chi connectivity index (χ1v) is 6.69. The lowest BCUT2D eigenvalue weighted by Crippen LogP contribution is -2.17. The first-order chi connectivity index (χ1) is 9.45. The number of rotatable bonds is 6. The summed E-state index contributed by atoms with van der Waals surface area (Å²) >= 11 is 0. The van der Waals surface area contributed by atoms with Crippen LogP contribution in [0.3, 0.4) is 0 Å². The van der Waals surface area contributed by atoms with E-state index in [0.29, 0.717) is 23.2 Å². The van der Waals surface area contributed by atoms with Crippen LogP contribution >= 0.6 is 0 Å². The number of anilines is 1. The molecule has 0 saturated carbocycles. The molecule has 0 saturated heterocycles. The standard InChI is InChI=1S/C15H22N2O3/c1-10(16)6-4-9-14(18)17-13-8-5-7-12(11(13)2)15(19)20-3/h5,7-8,10H,4,6,9,16H2,1-3H3,(H,17,18). The molecule has 1 atom stereocenters. The molecule has 20 heavy (non-hydrogen) atoms. The highest BCUT2D eigenvalue weighted by molar-refractivity contribution is 5.96. The van der Waals surface area contributed by atoms with Gasteiger partial charge in [-0.25, -0.2) is 4.79 Å². The summed E-state index contributed by atoms with van der Waals surface area (Å²) in [5, 5.41) is 2.82. The maximum Gasteiger partial charge on any atom is 0.338 e. The minimum Gasteiger partial charge on any atom is -0.465 e. The molecule has 5 nitrogen and oxygen atoms in total. The first kappa shape index (κ1) is 16.2. The maximum atomic E-state index is 11.8. The second-order valence-electron chi connectivity index (χ2n) is 4.89. The Kier molecular flexibility index (Phi) is 6.18. The van der Waals surface area contributed by atoms with Gasteiger partial charge in [-0.1, -0.05) is 6.07 Å². The number of nitrogens with two attached hydrogens (primary N) is 1. The molecule has 0 radical (unpaired) electrons. The average molecular weight is 278 g/mol. The zero-order valence-electron chi connectivity index (χ0n) is 12.2. The van der Waals surface area contributed by atoms with Gasteiger partial charge in [0.1, 0.15) is 0 Å². The quantitative estimate of drug-likeness (QED) is 0.782. The smallest absolute Gasteiger partial charge is 0.338 e. The zero-order chi connectivity index (χ0) is 15.1. The zero-order valence-corrected chi connectivity index (χ0v) is 12.2. The second-order valence-corrected chi connectivity index (χ2v) is 4.89. The lowest BCUT2D eigenvalue weighted by molar-refractivity contribution is -0.116. The number of benzene rings is 1. The van der Waals surface area contributed by atoms with Crippen molar-refractivity contribution in [3.05, 3.63) is 29.3 Å². The van der Waals surface area contributed by atoms with Crippen LogP contribution in [0.25, 0.3) is 0 Å². The minimum absolute atomic E-state index is 0.0734. The van der Waals surface area contributed by atoms with Gasteiger partial charge in [0.25, 0.3) is 0 Å². The monoisotopic (exact) mass is 278 g/mol. The van der Waals surface area contributed by atoms with Crippen LogP contribution in [0.4, 0.5) is 5.69 Å². The molecule has 0 aliphatic carbocycles. The van der Waals surface area contributed by atoms with Crippen molar-refractivity contribution in [3.63, 3.8) is 0 Å². The van der Waals surface area contributed by atoms with Crippen molar-refractivity contribution in [3.8, 4) is 0 Å². The lowest BCUT2D eigenvalue weighted by atomic mass is 10.1. The van der Waals surface area contributed by atoms with E-state index >= 15 is 0 Å². The van der Waals surface area contributed by atoms with Crippen molar-refractivity contribution in [2.24, 2.45) is 5.73 Å². The van der Waals surface area contributed by atoms with Crippen LogP contribution in [-0.4, -0.2) is 25.0 Å². The van der Waals surface area contributed by atoms with E-state index < -0.39 is 5.97 Å². The Morgan fingerprint density at radius 3 is 2.70 bits per heavy atom. The van der Waals surface area contributed by atoms with Gasteiger partial charge < -0.3 is 15.8 Å². The third-order valence-electron chi connectivity index (χ3n) is 3.08. The molecule has 1 unspecified atom stereocenters. The molecule has 0 aliphatic heterocycles. The molecule has 0 bridgehead atoms. The van der Waals surface area contributed by atoms with Crippen molar-refractivity contribution in [2.75, 3.05) is 12.4 Å². The molecular formula is C15H22N2O3. The van der Waals surface area contributed by atoms with Gasteiger partial charge in [0, 0.05) is 18.2 Å². The molecule has 1 rings (SSSR count). The predicted octanol–water partition coefficient (Wildman–Crippen LogP) is 2.24. The van der Waals surface area contributed by atoms with E-state index in [4.69, 9.17) is 10.5 Å². The molecule has 1 aromatic rings. The van der Waals surface area contributed by atoms with Crippen molar-refractivity contribution < 1.29 is 14.3 Å². The molecule has 0 aromatic heterocycles. The summed E-state index contributed by atoms with van der Waals surface area (Å²) in [6.45, 7) is 3.70. The summed E-state index contributed by atoms with van der Waals surface area (Å²) in [5.41, 5.74) is 7.45. The highest BCUT2D eigenvalue weighted by Gasteiger charge is 2.13. The summed E-state index contributed by atoms with van der Waals surface area (Å²) in [5.74, 6) is -0.480. The Balaban J connectivity index is 2.68. The molecule has 0 aliphatic rings. The number of hydrogen-bond donors (Lipinski definition) is 2. The van der Waals surface area contributed by atoms with Crippen LogP contribution in [0.2, 0.25) is 0 Å². The molecule has 1 amide bonds. The molecule has 0 heterocycles. The summed E-state index contributed by atoms with van der Waals surface area (Å²) in [6.07, 6.45) is 1.98. The summed E-state index contributed by atoms with van der Waals surface area (Å²) < 4.78 is 4.70. The number of carbonyl (C=O) groups is 2. The topological polar surface area (TPSA) is 81.4 Å². The molecule has 5 heteroatoms. The Labute approximate surface area is 119 Å². The van der Waals surface area contributed by atoms with E-state index in [9.17, 15) is 9.59 Å². The summed E-state index contributed by atoms with van der Waals surface area (Å²) in [6, 6.07) is 5.27. The number of nitrogens with one attached hydrogen (secondary N) is 1. The number of methoxy groups -OCH3 is 1. The minimum atomic E-state index is -0.407.